The van der Waals surface area contributed by atoms with Crippen molar-refractivity contribution in [2.45, 2.75) is 31.8 Å². The number of imidazole rings is 1. The van der Waals surface area contributed by atoms with Gasteiger partial charge in [0.25, 0.3) is 0 Å². The smallest absolute Gasteiger partial charge is 0.227 e. The SMILES string of the molecule is Cc1ccc(-c2nc(SCCC(=O)N3CCc4ccccc43)[nH]c2-c2ccc(C)cc2)cc1. The predicted octanol–water partition coefficient (Wildman–Crippen LogP) is 6.43. The highest BCUT2D eigenvalue weighted by Gasteiger charge is 2.24. The van der Waals surface area contributed by atoms with Crippen molar-refractivity contribution in [2.75, 3.05) is 17.2 Å². The van der Waals surface area contributed by atoms with Gasteiger partial charge in [-0.15, -0.1) is 0 Å². The fourth-order valence-corrected chi connectivity index (χ4v) is 5.04. The lowest BCUT2D eigenvalue weighted by Crippen LogP contribution is -2.29. The van der Waals surface area contributed by atoms with Crippen molar-refractivity contribution >= 4 is 23.4 Å². The molecule has 0 fully saturated rings. The van der Waals surface area contributed by atoms with Crippen LogP contribution in [0.1, 0.15) is 23.1 Å². The van der Waals surface area contributed by atoms with Crippen LogP contribution in [-0.4, -0.2) is 28.2 Å². The Morgan fingerprint density at radius 2 is 1.61 bits per heavy atom. The molecule has 1 aliphatic heterocycles. The van der Waals surface area contributed by atoms with Gasteiger partial charge in [-0.05, 0) is 31.9 Å². The summed E-state index contributed by atoms with van der Waals surface area (Å²) < 4.78 is 0. The first-order chi connectivity index (χ1) is 16.1. The van der Waals surface area contributed by atoms with Crippen molar-refractivity contribution in [3.05, 3.63) is 89.5 Å². The topological polar surface area (TPSA) is 49.0 Å². The highest BCUT2D eigenvalue weighted by Crippen LogP contribution is 2.34. The number of fused-ring (bicyclic) bond motifs is 1. The van der Waals surface area contributed by atoms with Gasteiger partial charge in [0.2, 0.25) is 5.91 Å². The number of para-hydroxylation sites is 1. The molecule has 4 nitrogen and oxygen atoms in total. The number of aromatic nitrogens is 2. The van der Waals surface area contributed by atoms with Crippen molar-refractivity contribution in [2.24, 2.45) is 0 Å². The van der Waals surface area contributed by atoms with Crippen LogP contribution in [0.4, 0.5) is 5.69 Å². The molecule has 0 saturated heterocycles. The number of carbonyl (C=O) groups is 1. The number of anilines is 1. The summed E-state index contributed by atoms with van der Waals surface area (Å²) >= 11 is 1.61. The van der Waals surface area contributed by atoms with E-state index >= 15 is 0 Å². The Morgan fingerprint density at radius 1 is 0.939 bits per heavy atom. The van der Waals surface area contributed by atoms with Crippen molar-refractivity contribution in [1.29, 1.82) is 0 Å². The van der Waals surface area contributed by atoms with Gasteiger partial charge in [0.05, 0.1) is 11.4 Å². The molecule has 0 aliphatic carbocycles. The van der Waals surface area contributed by atoms with E-state index in [1.807, 2.05) is 23.1 Å². The summed E-state index contributed by atoms with van der Waals surface area (Å²) in [6.45, 7) is 4.96. The lowest BCUT2D eigenvalue weighted by atomic mass is 10.0. The zero-order chi connectivity index (χ0) is 22.8. The molecule has 1 aromatic heterocycles. The van der Waals surface area contributed by atoms with Crippen LogP contribution in [0.5, 0.6) is 0 Å². The van der Waals surface area contributed by atoms with E-state index in [0.29, 0.717) is 12.2 Å². The number of aromatic amines is 1. The van der Waals surface area contributed by atoms with Crippen LogP contribution < -0.4 is 4.90 Å². The Balaban J connectivity index is 1.33. The van der Waals surface area contributed by atoms with Crippen LogP contribution >= 0.6 is 11.8 Å². The van der Waals surface area contributed by atoms with Gasteiger partial charge in [-0.1, -0.05) is 89.6 Å². The number of nitrogens with zero attached hydrogens (tertiary/aromatic N) is 2. The molecule has 33 heavy (non-hydrogen) atoms. The number of amides is 1. The number of aryl methyl sites for hydroxylation is 2. The molecule has 166 valence electrons. The van der Waals surface area contributed by atoms with Gasteiger partial charge in [0.1, 0.15) is 0 Å². The maximum Gasteiger partial charge on any atom is 0.227 e. The summed E-state index contributed by atoms with van der Waals surface area (Å²) in [4.78, 5) is 23.2. The molecule has 0 bridgehead atoms. The summed E-state index contributed by atoms with van der Waals surface area (Å²) in [6.07, 6.45) is 1.42. The van der Waals surface area contributed by atoms with Crippen molar-refractivity contribution in [3.63, 3.8) is 0 Å². The maximum absolute atomic E-state index is 12.9. The van der Waals surface area contributed by atoms with Gasteiger partial charge >= 0.3 is 0 Å². The number of carbonyl (C=O) groups excluding carboxylic acids is 1. The van der Waals surface area contributed by atoms with Gasteiger partial charge in [0.15, 0.2) is 5.16 Å². The fourth-order valence-electron chi connectivity index (χ4n) is 4.24. The molecule has 0 atom stereocenters. The van der Waals surface area contributed by atoms with E-state index in [4.69, 9.17) is 4.98 Å². The minimum Gasteiger partial charge on any atom is -0.332 e. The molecule has 0 saturated carbocycles. The highest BCUT2D eigenvalue weighted by atomic mass is 32.2. The first kappa shape index (κ1) is 21.5. The quantitative estimate of drug-likeness (QED) is 0.342. The molecule has 5 rings (SSSR count). The number of H-pyrrole nitrogens is 1. The first-order valence-electron chi connectivity index (χ1n) is 11.3. The molecule has 1 amide bonds. The van der Waals surface area contributed by atoms with Crippen molar-refractivity contribution < 1.29 is 4.79 Å². The fraction of sp³-hybridized carbons (Fsp3) is 0.214. The molecule has 1 N–H and O–H groups in total. The van der Waals surface area contributed by atoms with Gasteiger partial charge in [-0.25, -0.2) is 4.98 Å². The number of hydrogen-bond donors (Lipinski definition) is 1. The lowest BCUT2D eigenvalue weighted by molar-refractivity contribution is -0.118. The normalized spacial score (nSPS) is 12.7. The Morgan fingerprint density at radius 3 is 2.33 bits per heavy atom. The molecule has 3 aromatic carbocycles. The first-order valence-corrected chi connectivity index (χ1v) is 12.3. The molecule has 0 unspecified atom stereocenters. The average molecular weight is 454 g/mol. The van der Waals surface area contributed by atoms with Gasteiger partial charge in [-0.3, -0.25) is 4.79 Å². The number of thioether (sulfide) groups is 1. The van der Waals surface area contributed by atoms with E-state index in [9.17, 15) is 4.79 Å². The summed E-state index contributed by atoms with van der Waals surface area (Å²) in [7, 11) is 0. The number of rotatable bonds is 6. The zero-order valence-electron chi connectivity index (χ0n) is 19.0. The molecule has 2 heterocycles. The monoisotopic (exact) mass is 453 g/mol. The van der Waals surface area contributed by atoms with Crippen LogP contribution in [0, 0.1) is 13.8 Å². The molecule has 5 heteroatoms. The Bertz CT molecular complexity index is 1210. The number of benzene rings is 3. The number of nitrogens with one attached hydrogen (secondary N) is 1. The van der Waals surface area contributed by atoms with E-state index in [1.54, 1.807) is 11.8 Å². The zero-order valence-corrected chi connectivity index (χ0v) is 19.8. The molecular weight excluding hydrogens is 426 g/mol. The van der Waals surface area contributed by atoms with Crippen LogP contribution in [-0.2, 0) is 11.2 Å². The Labute approximate surface area is 199 Å². The third-order valence-corrected chi connectivity index (χ3v) is 6.97. The Hall–Kier alpha value is -3.31. The Kier molecular flexibility index (Phi) is 6.05. The van der Waals surface area contributed by atoms with Crippen LogP contribution in [0.15, 0.2) is 78.0 Å². The summed E-state index contributed by atoms with van der Waals surface area (Å²) in [5.41, 5.74) is 8.94. The van der Waals surface area contributed by atoms with E-state index in [2.05, 4.69) is 73.4 Å². The minimum absolute atomic E-state index is 0.177. The van der Waals surface area contributed by atoms with E-state index in [0.717, 1.165) is 46.3 Å². The molecular formula is C28H27N3OS. The van der Waals surface area contributed by atoms with Crippen molar-refractivity contribution in [3.8, 4) is 22.5 Å². The van der Waals surface area contributed by atoms with Crippen molar-refractivity contribution in [1.82, 2.24) is 9.97 Å². The van der Waals surface area contributed by atoms with Gasteiger partial charge in [0, 0.05) is 35.5 Å². The van der Waals surface area contributed by atoms with E-state index in [1.165, 1.54) is 16.7 Å². The number of hydrogen-bond acceptors (Lipinski definition) is 3. The second-order valence-corrected chi connectivity index (χ2v) is 9.60. The third kappa shape index (κ3) is 4.60. The van der Waals surface area contributed by atoms with E-state index < -0.39 is 0 Å². The highest BCUT2D eigenvalue weighted by molar-refractivity contribution is 7.99. The standard InChI is InChI=1S/C28H27N3OS/c1-19-7-11-22(12-8-19)26-27(23-13-9-20(2)10-14-23)30-28(29-26)33-18-16-25(32)31-17-15-21-5-3-4-6-24(21)31/h3-14H,15-18H2,1-2H3,(H,29,30). The lowest BCUT2D eigenvalue weighted by Gasteiger charge is -2.16. The molecule has 0 spiro atoms. The summed E-state index contributed by atoms with van der Waals surface area (Å²) in [5, 5.41) is 0.843. The molecule has 0 radical (unpaired) electrons. The predicted molar refractivity (Wildman–Crippen MR) is 137 cm³/mol. The second kappa shape index (κ2) is 9.28. The van der Waals surface area contributed by atoms with Gasteiger partial charge < -0.3 is 9.88 Å². The second-order valence-electron chi connectivity index (χ2n) is 8.52. The van der Waals surface area contributed by atoms with Crippen LogP contribution in [0.25, 0.3) is 22.5 Å². The largest absolute Gasteiger partial charge is 0.332 e. The molecule has 4 aromatic rings. The minimum atomic E-state index is 0.177. The van der Waals surface area contributed by atoms with Gasteiger partial charge in [-0.2, -0.15) is 0 Å². The maximum atomic E-state index is 12.9. The van der Waals surface area contributed by atoms with Crippen LogP contribution in [0.2, 0.25) is 0 Å². The molecule has 1 aliphatic rings. The summed E-state index contributed by atoms with van der Waals surface area (Å²) in [5.74, 6) is 0.864. The van der Waals surface area contributed by atoms with E-state index in [-0.39, 0.29) is 5.91 Å². The summed E-state index contributed by atoms with van der Waals surface area (Å²) in [6, 6.07) is 25.2. The van der Waals surface area contributed by atoms with Crippen LogP contribution in [0.3, 0.4) is 0 Å². The average Bonchev–Trinajstić information content (AvgIpc) is 3.45. The third-order valence-electron chi connectivity index (χ3n) is 6.09.